The van der Waals surface area contributed by atoms with E-state index in [1.165, 1.54) is 18.0 Å². The highest BCUT2D eigenvalue weighted by atomic mass is 29.5. The van der Waals surface area contributed by atoms with Gasteiger partial charge in [-0.15, -0.1) is 0 Å². The average molecular weight is 189 g/mol. The van der Waals surface area contributed by atoms with E-state index in [4.69, 9.17) is 0 Å². The van der Waals surface area contributed by atoms with E-state index in [1.807, 2.05) is 0 Å². The van der Waals surface area contributed by atoms with Crippen LogP contribution < -0.4 is 0 Å². The third kappa shape index (κ3) is 3.69. The van der Waals surface area contributed by atoms with Gasteiger partial charge in [0.25, 0.3) is 0 Å². The second-order valence-electron chi connectivity index (χ2n) is 2.29. The van der Waals surface area contributed by atoms with E-state index in [0.29, 0.717) is 0 Å². The van der Waals surface area contributed by atoms with Crippen LogP contribution in [0.2, 0.25) is 6.04 Å². The molecule has 0 spiro atoms. The molecular formula is C8H9Si3. The molecule has 0 saturated carbocycles. The maximum Gasteiger partial charge on any atom is 0.0183 e. The molecule has 0 heterocycles. The van der Waals surface area contributed by atoms with Crippen molar-refractivity contribution in [1.82, 2.24) is 0 Å². The Morgan fingerprint density at radius 3 is 2.55 bits per heavy atom. The van der Waals surface area contributed by atoms with Crippen LogP contribution in [0.15, 0.2) is 30.3 Å². The first-order valence-electron chi connectivity index (χ1n) is 3.62. The van der Waals surface area contributed by atoms with Crippen LogP contribution in [0.1, 0.15) is 5.56 Å². The summed E-state index contributed by atoms with van der Waals surface area (Å²) in [4.78, 5) is 0. The van der Waals surface area contributed by atoms with E-state index in [0.717, 1.165) is 17.6 Å². The number of aryl methyl sites for hydroxylation is 1. The van der Waals surface area contributed by atoms with Crippen molar-refractivity contribution in [1.29, 1.82) is 0 Å². The molecule has 0 aliphatic heterocycles. The molecule has 0 amide bonds. The van der Waals surface area contributed by atoms with Crippen LogP contribution in [0.3, 0.4) is 0 Å². The highest BCUT2D eigenvalue weighted by molar-refractivity contribution is 7.23. The lowest BCUT2D eigenvalue weighted by Crippen LogP contribution is -2.03. The normalized spacial score (nSPS) is 9.91. The molecule has 0 aliphatic rings. The summed E-state index contributed by atoms with van der Waals surface area (Å²) in [5.41, 5.74) is 1.46. The monoisotopic (exact) mass is 189 g/mol. The molecule has 3 heteroatoms. The van der Waals surface area contributed by atoms with Crippen LogP contribution in [0.4, 0.5) is 0 Å². The zero-order valence-electron chi connectivity index (χ0n) is 6.30. The van der Waals surface area contributed by atoms with Crippen molar-refractivity contribution < 1.29 is 0 Å². The van der Waals surface area contributed by atoms with Gasteiger partial charge in [-0.3, -0.25) is 0 Å². The molecule has 0 fully saturated rings. The van der Waals surface area contributed by atoms with E-state index in [9.17, 15) is 0 Å². The van der Waals surface area contributed by atoms with Gasteiger partial charge in [0.15, 0.2) is 0 Å². The molecule has 0 nitrogen and oxygen atoms in total. The lowest BCUT2D eigenvalue weighted by molar-refractivity contribution is 1.13. The first-order valence-corrected chi connectivity index (χ1v) is 8.32. The molecule has 1 aromatic carbocycles. The third-order valence-corrected chi connectivity index (χ3v) is 5.02. The van der Waals surface area contributed by atoms with E-state index in [-0.39, 0.29) is 0 Å². The van der Waals surface area contributed by atoms with Crippen molar-refractivity contribution in [2.45, 2.75) is 12.5 Å². The molecule has 0 bridgehead atoms. The summed E-state index contributed by atoms with van der Waals surface area (Å²) in [6, 6.07) is 12.0. The van der Waals surface area contributed by atoms with E-state index in [2.05, 4.69) is 40.1 Å². The molecule has 0 saturated heterocycles. The smallest absolute Gasteiger partial charge is 0.0183 e. The Hall–Kier alpha value is -0.129. The molecule has 7 radical (unpaired) electrons. The first kappa shape index (κ1) is 8.96. The minimum absolute atomic E-state index is 0.943. The topological polar surface area (TPSA) is 0 Å². The predicted octanol–water partition coefficient (Wildman–Crippen LogP) is 1.05. The van der Waals surface area contributed by atoms with Gasteiger partial charge in [-0.05, 0) is 12.0 Å². The molecule has 0 unspecified atom stereocenters. The predicted molar refractivity (Wildman–Crippen MR) is 52.2 cm³/mol. The van der Waals surface area contributed by atoms with Gasteiger partial charge in [0.1, 0.15) is 0 Å². The van der Waals surface area contributed by atoms with Gasteiger partial charge >= 0.3 is 0 Å². The summed E-state index contributed by atoms with van der Waals surface area (Å²) in [5.74, 6) is 0. The Labute approximate surface area is 76.1 Å². The summed E-state index contributed by atoms with van der Waals surface area (Å²) in [6.07, 6.45) is 1.23. The quantitative estimate of drug-likeness (QED) is 0.491. The van der Waals surface area contributed by atoms with Crippen LogP contribution in [0, 0.1) is 0 Å². The summed E-state index contributed by atoms with van der Waals surface area (Å²) < 4.78 is 0. The first-order chi connectivity index (χ1) is 5.43. The van der Waals surface area contributed by atoms with Gasteiger partial charge in [-0.25, -0.2) is 0 Å². The fourth-order valence-corrected chi connectivity index (χ4v) is 3.33. The molecular weight excluding hydrogens is 180 g/mol. The maximum atomic E-state index is 3.51. The van der Waals surface area contributed by atoms with Gasteiger partial charge in [-0.1, -0.05) is 36.4 Å². The molecule has 0 aromatic heterocycles. The van der Waals surface area contributed by atoms with E-state index in [1.54, 1.807) is 0 Å². The van der Waals surface area contributed by atoms with Gasteiger partial charge < -0.3 is 0 Å². The van der Waals surface area contributed by atoms with Gasteiger partial charge in [0, 0.05) is 27.4 Å². The Balaban J connectivity index is 2.28. The van der Waals surface area contributed by atoms with Crippen molar-refractivity contribution in [2.75, 3.05) is 0 Å². The zero-order valence-corrected chi connectivity index (χ0v) is 9.30. The van der Waals surface area contributed by atoms with Crippen LogP contribution in [-0.2, 0) is 6.42 Å². The summed E-state index contributed by atoms with van der Waals surface area (Å²) in [7, 11) is 5.53. The van der Waals surface area contributed by atoms with Crippen molar-refractivity contribution in [2.24, 2.45) is 0 Å². The largest absolute Gasteiger partial charge is 0.0622 e. The Kier molecular flexibility index (Phi) is 4.49. The van der Waals surface area contributed by atoms with Crippen LogP contribution in [-0.4, -0.2) is 27.4 Å². The van der Waals surface area contributed by atoms with Crippen LogP contribution >= 0.6 is 0 Å². The number of hydrogen-bond donors (Lipinski definition) is 0. The fraction of sp³-hybridized carbons (Fsp3) is 0.250. The van der Waals surface area contributed by atoms with Crippen molar-refractivity contribution >= 4 is 27.4 Å². The van der Waals surface area contributed by atoms with Crippen molar-refractivity contribution in [3.63, 3.8) is 0 Å². The third-order valence-electron chi connectivity index (χ3n) is 1.47. The molecule has 53 valence electrons. The fourth-order valence-electron chi connectivity index (χ4n) is 0.914. The molecule has 0 N–H and O–H groups in total. The molecule has 1 aromatic rings. The SMILES string of the molecule is [Si][Si][Si]CCc1ccccc1. The minimum atomic E-state index is 0.943. The van der Waals surface area contributed by atoms with Crippen LogP contribution in [0.25, 0.3) is 0 Å². The average Bonchev–Trinajstić information content (AvgIpc) is 2.07. The maximum absolute atomic E-state index is 3.51. The number of rotatable bonds is 4. The molecule has 0 atom stereocenters. The zero-order chi connectivity index (χ0) is 7.94. The summed E-state index contributed by atoms with van der Waals surface area (Å²) in [5, 5.41) is 0. The highest BCUT2D eigenvalue weighted by Crippen LogP contribution is 2.01. The van der Waals surface area contributed by atoms with Crippen molar-refractivity contribution in [3.05, 3.63) is 35.9 Å². The van der Waals surface area contributed by atoms with Gasteiger partial charge in [0.05, 0.1) is 0 Å². The molecule has 1 rings (SSSR count). The Bertz CT molecular complexity index is 186. The lowest BCUT2D eigenvalue weighted by atomic mass is 10.2. The minimum Gasteiger partial charge on any atom is -0.0622 e. The van der Waals surface area contributed by atoms with Crippen molar-refractivity contribution in [3.8, 4) is 0 Å². The Morgan fingerprint density at radius 2 is 1.91 bits per heavy atom. The van der Waals surface area contributed by atoms with E-state index >= 15 is 0 Å². The van der Waals surface area contributed by atoms with Gasteiger partial charge in [-0.2, -0.15) is 0 Å². The molecule has 11 heavy (non-hydrogen) atoms. The van der Waals surface area contributed by atoms with Gasteiger partial charge in [0.2, 0.25) is 0 Å². The van der Waals surface area contributed by atoms with E-state index < -0.39 is 0 Å². The highest BCUT2D eigenvalue weighted by Gasteiger charge is 1.90. The standard InChI is InChI=1S/C8H9Si3/c9-11-10-7-6-8-4-2-1-3-5-8/h1-5H,6-7H2. The Morgan fingerprint density at radius 1 is 1.18 bits per heavy atom. The second kappa shape index (κ2) is 5.51. The van der Waals surface area contributed by atoms with Crippen LogP contribution in [0.5, 0.6) is 0 Å². The second-order valence-corrected chi connectivity index (χ2v) is 7.45. The number of benzene rings is 1. The summed E-state index contributed by atoms with van der Waals surface area (Å²) >= 11 is 0. The lowest BCUT2D eigenvalue weighted by Gasteiger charge is -1.97. The number of hydrogen-bond acceptors (Lipinski definition) is 0. The summed E-state index contributed by atoms with van der Waals surface area (Å²) in [6.45, 7) is 0. The molecule has 0 aliphatic carbocycles.